The van der Waals surface area contributed by atoms with Crippen LogP contribution in [0.1, 0.15) is 30.5 Å². The zero-order valence-corrected chi connectivity index (χ0v) is 8.61. The number of rotatable bonds is 3. The van der Waals surface area contributed by atoms with E-state index in [-0.39, 0.29) is 6.10 Å². The van der Waals surface area contributed by atoms with Gasteiger partial charge in [-0.15, -0.1) is 0 Å². The Hall–Kier alpha value is -0.890. The van der Waals surface area contributed by atoms with Gasteiger partial charge in [0.05, 0.1) is 6.10 Å². The van der Waals surface area contributed by atoms with Gasteiger partial charge in [-0.25, -0.2) is 0 Å². The first kappa shape index (κ1) is 9.66. The molecule has 0 spiro atoms. The normalized spacial score (nSPS) is 19.0. The topological polar surface area (TPSA) is 33.1 Å². The summed E-state index contributed by atoms with van der Waals surface area (Å²) in [6.07, 6.45) is 5.99. The molecule has 1 aliphatic carbocycles. The predicted octanol–water partition coefficient (Wildman–Crippen LogP) is 2.09. The molecule has 0 saturated heterocycles. The molecule has 2 rings (SSSR count). The highest BCUT2D eigenvalue weighted by Crippen LogP contribution is 2.30. The first-order valence-corrected chi connectivity index (χ1v) is 5.36. The van der Waals surface area contributed by atoms with Gasteiger partial charge in [-0.2, -0.15) is 0 Å². The molecule has 0 bridgehead atoms. The maximum absolute atomic E-state index is 9.91. The van der Waals surface area contributed by atoms with E-state index in [2.05, 4.69) is 18.0 Å². The second-order valence-electron chi connectivity index (χ2n) is 4.23. The van der Waals surface area contributed by atoms with E-state index in [1.165, 1.54) is 24.8 Å². The van der Waals surface area contributed by atoms with E-state index in [9.17, 15) is 5.11 Å². The average molecular weight is 191 g/mol. The summed E-state index contributed by atoms with van der Waals surface area (Å²) < 4.78 is 0. The maximum Gasteiger partial charge on any atom is 0.0623 e. The SMILES string of the molecule is Cc1cccnc1CC(O)C1CCC1. The lowest BCUT2D eigenvalue weighted by molar-refractivity contribution is 0.0621. The zero-order valence-electron chi connectivity index (χ0n) is 8.61. The number of aliphatic hydroxyl groups excluding tert-OH is 1. The van der Waals surface area contributed by atoms with Gasteiger partial charge in [0.1, 0.15) is 0 Å². The van der Waals surface area contributed by atoms with Crippen LogP contribution in [-0.4, -0.2) is 16.2 Å². The van der Waals surface area contributed by atoms with Crippen molar-refractivity contribution in [3.8, 4) is 0 Å². The van der Waals surface area contributed by atoms with Gasteiger partial charge in [-0.1, -0.05) is 12.5 Å². The van der Waals surface area contributed by atoms with Crippen molar-refractivity contribution in [3.05, 3.63) is 29.6 Å². The number of nitrogens with zero attached hydrogens (tertiary/aromatic N) is 1. The molecular weight excluding hydrogens is 174 g/mol. The summed E-state index contributed by atoms with van der Waals surface area (Å²) >= 11 is 0. The Morgan fingerprint density at radius 2 is 2.36 bits per heavy atom. The molecule has 0 aromatic carbocycles. The fraction of sp³-hybridized carbons (Fsp3) is 0.583. The van der Waals surface area contributed by atoms with Crippen LogP contribution < -0.4 is 0 Å². The zero-order chi connectivity index (χ0) is 9.97. The first-order chi connectivity index (χ1) is 6.77. The van der Waals surface area contributed by atoms with Crippen LogP contribution in [-0.2, 0) is 6.42 Å². The van der Waals surface area contributed by atoms with E-state index < -0.39 is 0 Å². The minimum absolute atomic E-state index is 0.183. The van der Waals surface area contributed by atoms with Gasteiger partial charge in [0.15, 0.2) is 0 Å². The van der Waals surface area contributed by atoms with Crippen LogP contribution in [0.15, 0.2) is 18.3 Å². The number of hydrogen-bond acceptors (Lipinski definition) is 2. The summed E-state index contributed by atoms with van der Waals surface area (Å²) in [5, 5.41) is 9.91. The van der Waals surface area contributed by atoms with Gasteiger partial charge < -0.3 is 5.11 Å². The van der Waals surface area contributed by atoms with Crippen molar-refractivity contribution >= 4 is 0 Å². The Kier molecular flexibility index (Phi) is 2.82. The number of hydrogen-bond donors (Lipinski definition) is 1. The van der Waals surface area contributed by atoms with Crippen LogP contribution in [0.25, 0.3) is 0 Å². The second kappa shape index (κ2) is 4.09. The van der Waals surface area contributed by atoms with Gasteiger partial charge in [-0.3, -0.25) is 4.98 Å². The van der Waals surface area contributed by atoms with Crippen LogP contribution in [0.5, 0.6) is 0 Å². The van der Waals surface area contributed by atoms with Crippen molar-refractivity contribution in [3.63, 3.8) is 0 Å². The van der Waals surface area contributed by atoms with Gasteiger partial charge in [0.25, 0.3) is 0 Å². The van der Waals surface area contributed by atoms with E-state index in [0.717, 1.165) is 12.1 Å². The fourth-order valence-corrected chi connectivity index (χ4v) is 1.92. The van der Waals surface area contributed by atoms with E-state index in [4.69, 9.17) is 0 Å². The Labute approximate surface area is 85.0 Å². The number of aliphatic hydroxyl groups is 1. The van der Waals surface area contributed by atoms with Gasteiger partial charge in [-0.05, 0) is 37.3 Å². The predicted molar refractivity (Wildman–Crippen MR) is 56.0 cm³/mol. The molecular formula is C12H17NO. The average Bonchev–Trinajstić information content (AvgIpc) is 2.05. The highest BCUT2D eigenvalue weighted by molar-refractivity contribution is 5.18. The third-order valence-electron chi connectivity index (χ3n) is 3.21. The summed E-state index contributed by atoms with van der Waals surface area (Å²) in [7, 11) is 0. The summed E-state index contributed by atoms with van der Waals surface area (Å²) in [5.41, 5.74) is 2.23. The van der Waals surface area contributed by atoms with Crippen molar-refractivity contribution < 1.29 is 5.11 Å². The Morgan fingerprint density at radius 3 is 2.93 bits per heavy atom. The minimum atomic E-state index is -0.183. The molecule has 0 amide bonds. The highest BCUT2D eigenvalue weighted by Gasteiger charge is 2.26. The van der Waals surface area contributed by atoms with Crippen molar-refractivity contribution in [1.82, 2.24) is 4.98 Å². The quantitative estimate of drug-likeness (QED) is 0.793. The van der Waals surface area contributed by atoms with Gasteiger partial charge in [0.2, 0.25) is 0 Å². The van der Waals surface area contributed by atoms with Crippen molar-refractivity contribution in [2.45, 2.75) is 38.7 Å². The molecule has 14 heavy (non-hydrogen) atoms. The second-order valence-corrected chi connectivity index (χ2v) is 4.23. The molecule has 1 aromatic rings. The monoisotopic (exact) mass is 191 g/mol. The molecule has 1 N–H and O–H groups in total. The summed E-state index contributed by atoms with van der Waals surface area (Å²) in [4.78, 5) is 4.30. The fourth-order valence-electron chi connectivity index (χ4n) is 1.92. The third kappa shape index (κ3) is 1.95. The Morgan fingerprint density at radius 1 is 1.57 bits per heavy atom. The molecule has 2 nitrogen and oxygen atoms in total. The van der Waals surface area contributed by atoms with Crippen LogP contribution >= 0.6 is 0 Å². The largest absolute Gasteiger partial charge is 0.392 e. The number of aryl methyl sites for hydroxylation is 1. The standard InChI is InChI=1S/C12H17NO/c1-9-4-3-7-13-11(9)8-12(14)10-5-2-6-10/h3-4,7,10,12,14H,2,5-6,8H2,1H3. The smallest absolute Gasteiger partial charge is 0.0623 e. The Balaban J connectivity index is 1.99. The van der Waals surface area contributed by atoms with Crippen molar-refractivity contribution in [2.24, 2.45) is 5.92 Å². The first-order valence-electron chi connectivity index (χ1n) is 5.36. The van der Waals surface area contributed by atoms with E-state index in [1.807, 2.05) is 6.07 Å². The highest BCUT2D eigenvalue weighted by atomic mass is 16.3. The lowest BCUT2D eigenvalue weighted by atomic mass is 9.79. The van der Waals surface area contributed by atoms with Crippen molar-refractivity contribution in [2.75, 3.05) is 0 Å². The van der Waals surface area contributed by atoms with Crippen LogP contribution in [0, 0.1) is 12.8 Å². The molecule has 0 radical (unpaired) electrons. The van der Waals surface area contributed by atoms with E-state index in [1.54, 1.807) is 6.20 Å². The molecule has 1 unspecified atom stereocenters. The molecule has 1 heterocycles. The summed E-state index contributed by atoms with van der Waals surface area (Å²) in [6.45, 7) is 2.05. The van der Waals surface area contributed by atoms with Crippen LogP contribution in [0.3, 0.4) is 0 Å². The van der Waals surface area contributed by atoms with E-state index in [0.29, 0.717) is 5.92 Å². The third-order valence-corrected chi connectivity index (χ3v) is 3.21. The number of pyridine rings is 1. The van der Waals surface area contributed by atoms with Crippen molar-refractivity contribution in [1.29, 1.82) is 0 Å². The van der Waals surface area contributed by atoms with Crippen LogP contribution in [0.2, 0.25) is 0 Å². The van der Waals surface area contributed by atoms with Gasteiger partial charge in [0, 0.05) is 18.3 Å². The van der Waals surface area contributed by atoms with Crippen LogP contribution in [0.4, 0.5) is 0 Å². The molecule has 1 saturated carbocycles. The molecule has 1 fully saturated rings. The van der Waals surface area contributed by atoms with Gasteiger partial charge >= 0.3 is 0 Å². The van der Waals surface area contributed by atoms with E-state index >= 15 is 0 Å². The number of aromatic nitrogens is 1. The molecule has 0 aliphatic heterocycles. The molecule has 1 aromatic heterocycles. The Bertz CT molecular complexity index is 307. The lowest BCUT2D eigenvalue weighted by Crippen LogP contribution is -2.28. The molecule has 1 aliphatic rings. The summed E-state index contributed by atoms with van der Waals surface area (Å²) in [5.74, 6) is 0.524. The lowest BCUT2D eigenvalue weighted by Gasteiger charge is -2.30. The molecule has 1 atom stereocenters. The molecule has 2 heteroatoms. The summed E-state index contributed by atoms with van der Waals surface area (Å²) in [6, 6.07) is 3.99. The maximum atomic E-state index is 9.91. The minimum Gasteiger partial charge on any atom is -0.392 e. The molecule has 76 valence electrons.